The van der Waals surface area contributed by atoms with Gasteiger partial charge in [0.1, 0.15) is 18.3 Å². The van der Waals surface area contributed by atoms with E-state index < -0.39 is 18.3 Å². The van der Waals surface area contributed by atoms with Crippen molar-refractivity contribution in [3.8, 4) is 0 Å². The number of aliphatic hydroxyl groups excluding tert-OH is 3. The van der Waals surface area contributed by atoms with E-state index in [4.69, 9.17) is 20.1 Å². The third kappa shape index (κ3) is 1.15. The van der Waals surface area contributed by atoms with Gasteiger partial charge in [-0.2, -0.15) is 0 Å². The van der Waals surface area contributed by atoms with Crippen molar-refractivity contribution in [3.63, 3.8) is 0 Å². The summed E-state index contributed by atoms with van der Waals surface area (Å²) in [6, 6.07) is 0. The molecule has 0 spiro atoms. The van der Waals surface area contributed by atoms with E-state index in [1.165, 1.54) is 0 Å². The average Bonchev–Trinajstić information content (AvgIpc) is 2.17. The zero-order valence-electron chi connectivity index (χ0n) is 5.77. The second-order valence-electron chi connectivity index (χ2n) is 2.54. The molecule has 1 fully saturated rings. The highest BCUT2D eigenvalue weighted by Gasteiger charge is 2.39. The van der Waals surface area contributed by atoms with Gasteiger partial charge < -0.3 is 20.1 Å². The smallest absolute Gasteiger partial charge is 0.111 e. The van der Waals surface area contributed by atoms with Crippen LogP contribution in [0.4, 0.5) is 0 Å². The van der Waals surface area contributed by atoms with E-state index in [0.717, 1.165) is 0 Å². The molecule has 1 aliphatic rings. The molecule has 0 aromatic heterocycles. The summed E-state index contributed by atoms with van der Waals surface area (Å²) in [4.78, 5) is 0. The number of hydrogen-bond acceptors (Lipinski definition) is 4. The van der Waals surface area contributed by atoms with E-state index in [1.54, 1.807) is 6.92 Å². The topological polar surface area (TPSA) is 69.9 Å². The molecule has 1 aliphatic heterocycles. The van der Waals surface area contributed by atoms with Crippen LogP contribution in [0, 0.1) is 0 Å². The molecule has 3 N–H and O–H groups in total. The predicted molar refractivity (Wildman–Crippen MR) is 33.4 cm³/mol. The highest BCUT2D eigenvalue weighted by molar-refractivity contribution is 4.87. The summed E-state index contributed by atoms with van der Waals surface area (Å²) in [6.45, 7) is 1.41. The van der Waals surface area contributed by atoms with Gasteiger partial charge in [-0.25, -0.2) is 0 Å². The van der Waals surface area contributed by atoms with Crippen LogP contribution in [0.15, 0.2) is 0 Å². The summed E-state index contributed by atoms with van der Waals surface area (Å²) in [7, 11) is 0. The Bertz CT molecular complexity index is 116. The second kappa shape index (κ2) is 2.84. The first-order valence-corrected chi connectivity index (χ1v) is 3.29. The first kappa shape index (κ1) is 7.94. The number of hydrogen-bond donors (Lipinski definition) is 3. The molecular weight excluding hydrogens is 136 g/mol. The Labute approximate surface area is 59.1 Å². The molecule has 4 atom stereocenters. The lowest BCUT2D eigenvalue weighted by atomic mass is 10.1. The Kier molecular flexibility index (Phi) is 2.25. The van der Waals surface area contributed by atoms with Crippen LogP contribution >= 0.6 is 0 Å². The predicted octanol–water partition coefficient (Wildman–Crippen LogP) is -1.51. The minimum atomic E-state index is -0.944. The van der Waals surface area contributed by atoms with Gasteiger partial charge in [0.15, 0.2) is 0 Å². The fourth-order valence-corrected chi connectivity index (χ4v) is 1.09. The molecule has 0 unspecified atom stereocenters. The first-order chi connectivity index (χ1) is 4.66. The summed E-state index contributed by atoms with van der Waals surface area (Å²) in [6.07, 6.45) is -2.81. The maximum absolute atomic E-state index is 9.09. The maximum Gasteiger partial charge on any atom is 0.111 e. The normalized spacial score (nSPS) is 48.0. The van der Waals surface area contributed by atoms with Crippen molar-refractivity contribution in [1.29, 1.82) is 0 Å². The fraction of sp³-hybridized carbons (Fsp3) is 1.00. The van der Waals surface area contributed by atoms with Gasteiger partial charge in [-0.3, -0.25) is 0 Å². The van der Waals surface area contributed by atoms with Crippen molar-refractivity contribution >= 4 is 0 Å². The molecule has 0 saturated carbocycles. The fourth-order valence-electron chi connectivity index (χ4n) is 1.09. The summed E-state index contributed by atoms with van der Waals surface area (Å²) >= 11 is 0. The largest absolute Gasteiger partial charge is 0.394 e. The number of ether oxygens (including phenoxy) is 1. The van der Waals surface area contributed by atoms with Crippen LogP contribution in [-0.4, -0.2) is 46.3 Å². The lowest BCUT2D eigenvalue weighted by Gasteiger charge is -2.10. The minimum Gasteiger partial charge on any atom is -0.394 e. The van der Waals surface area contributed by atoms with E-state index in [0.29, 0.717) is 0 Å². The molecule has 1 saturated heterocycles. The Morgan fingerprint density at radius 1 is 1.30 bits per heavy atom. The third-order valence-corrected chi connectivity index (χ3v) is 1.78. The van der Waals surface area contributed by atoms with Crippen LogP contribution in [0.3, 0.4) is 0 Å². The van der Waals surface area contributed by atoms with E-state index in [9.17, 15) is 0 Å². The summed E-state index contributed by atoms with van der Waals surface area (Å²) < 4.78 is 4.98. The molecule has 0 amide bonds. The van der Waals surface area contributed by atoms with Crippen LogP contribution in [0.1, 0.15) is 6.92 Å². The summed E-state index contributed by atoms with van der Waals surface area (Å²) in [5, 5.41) is 26.8. The highest BCUT2D eigenvalue weighted by Crippen LogP contribution is 2.19. The molecule has 1 heterocycles. The SMILES string of the molecule is C[C@H]1O[C@H](CO)[C@@H](O)[C@@H]1O. The molecule has 0 bridgehead atoms. The van der Waals surface area contributed by atoms with Crippen molar-refractivity contribution in [2.75, 3.05) is 6.61 Å². The van der Waals surface area contributed by atoms with Crippen molar-refractivity contribution in [2.24, 2.45) is 0 Å². The molecule has 0 radical (unpaired) electrons. The van der Waals surface area contributed by atoms with E-state index in [-0.39, 0.29) is 12.7 Å². The number of aliphatic hydroxyl groups is 3. The first-order valence-electron chi connectivity index (χ1n) is 3.29. The molecule has 10 heavy (non-hydrogen) atoms. The van der Waals surface area contributed by atoms with Gasteiger partial charge in [0, 0.05) is 0 Å². The van der Waals surface area contributed by atoms with Gasteiger partial charge in [0.25, 0.3) is 0 Å². The van der Waals surface area contributed by atoms with Gasteiger partial charge in [-0.1, -0.05) is 0 Å². The van der Waals surface area contributed by atoms with Crippen molar-refractivity contribution in [1.82, 2.24) is 0 Å². The zero-order valence-corrected chi connectivity index (χ0v) is 5.77. The monoisotopic (exact) mass is 148 g/mol. The molecule has 4 heteroatoms. The molecule has 60 valence electrons. The third-order valence-electron chi connectivity index (χ3n) is 1.78. The zero-order chi connectivity index (χ0) is 7.72. The van der Waals surface area contributed by atoms with E-state index >= 15 is 0 Å². The lowest BCUT2D eigenvalue weighted by molar-refractivity contribution is -0.0171. The molecular formula is C6H12O4. The quantitative estimate of drug-likeness (QED) is 0.422. The van der Waals surface area contributed by atoms with Crippen LogP contribution in [0.25, 0.3) is 0 Å². The molecule has 0 aromatic rings. The van der Waals surface area contributed by atoms with Crippen LogP contribution in [-0.2, 0) is 4.74 Å². The molecule has 4 nitrogen and oxygen atoms in total. The van der Waals surface area contributed by atoms with Crippen molar-refractivity contribution < 1.29 is 20.1 Å². The Morgan fingerprint density at radius 3 is 2.10 bits per heavy atom. The van der Waals surface area contributed by atoms with Crippen molar-refractivity contribution in [3.05, 3.63) is 0 Å². The summed E-state index contributed by atoms with van der Waals surface area (Å²) in [5.74, 6) is 0. The van der Waals surface area contributed by atoms with Crippen LogP contribution < -0.4 is 0 Å². The van der Waals surface area contributed by atoms with Crippen LogP contribution in [0.2, 0.25) is 0 Å². The van der Waals surface area contributed by atoms with Gasteiger partial charge in [0.05, 0.1) is 12.7 Å². The highest BCUT2D eigenvalue weighted by atomic mass is 16.5. The average molecular weight is 148 g/mol. The van der Waals surface area contributed by atoms with Gasteiger partial charge >= 0.3 is 0 Å². The lowest BCUT2D eigenvalue weighted by Crippen LogP contribution is -2.33. The van der Waals surface area contributed by atoms with Crippen LogP contribution in [0.5, 0.6) is 0 Å². The Hall–Kier alpha value is -0.160. The van der Waals surface area contributed by atoms with Gasteiger partial charge in [0.2, 0.25) is 0 Å². The van der Waals surface area contributed by atoms with Crippen molar-refractivity contribution in [2.45, 2.75) is 31.3 Å². The Morgan fingerprint density at radius 2 is 1.90 bits per heavy atom. The van der Waals surface area contributed by atoms with Gasteiger partial charge in [-0.05, 0) is 6.92 Å². The molecule has 0 aliphatic carbocycles. The number of rotatable bonds is 1. The Balaban J connectivity index is 2.53. The minimum absolute atomic E-state index is 0.247. The maximum atomic E-state index is 9.09. The summed E-state index contributed by atoms with van der Waals surface area (Å²) in [5.41, 5.74) is 0. The van der Waals surface area contributed by atoms with E-state index in [1.807, 2.05) is 0 Å². The molecule has 0 aromatic carbocycles. The standard InChI is InChI=1S/C6H12O4/c1-3-5(8)6(9)4(2-7)10-3/h3-9H,2H2,1H3/t3-,4-,5-,6-/m1/s1. The van der Waals surface area contributed by atoms with E-state index in [2.05, 4.69) is 0 Å². The van der Waals surface area contributed by atoms with Gasteiger partial charge in [-0.15, -0.1) is 0 Å². The second-order valence-corrected chi connectivity index (χ2v) is 2.54. The molecule has 1 rings (SSSR count).